The monoisotopic (exact) mass is 704 g/mol. The van der Waals surface area contributed by atoms with E-state index < -0.39 is 10.0 Å². The molecule has 0 unspecified atom stereocenters. The van der Waals surface area contributed by atoms with E-state index in [4.69, 9.17) is 4.74 Å². The predicted molar refractivity (Wildman–Crippen MR) is 196 cm³/mol. The molecule has 268 valence electrons. The first-order chi connectivity index (χ1) is 23.9. The zero-order chi connectivity index (χ0) is 35.6. The third-order valence-corrected chi connectivity index (χ3v) is 12.3. The van der Waals surface area contributed by atoms with Crippen molar-refractivity contribution >= 4 is 32.5 Å². The maximum Gasteiger partial charge on any atom is 0.262 e. The molecule has 0 aliphatic carbocycles. The Morgan fingerprint density at radius 1 is 0.960 bits per heavy atom. The van der Waals surface area contributed by atoms with Crippen LogP contribution in [0.2, 0.25) is 0 Å². The number of ether oxygens (including phenoxy) is 1. The number of aryl methyl sites for hydroxylation is 2. The van der Waals surface area contributed by atoms with E-state index in [1.807, 2.05) is 36.0 Å². The van der Waals surface area contributed by atoms with Gasteiger partial charge in [-0.25, -0.2) is 12.8 Å². The lowest BCUT2D eigenvalue weighted by molar-refractivity contribution is -0.130. The van der Waals surface area contributed by atoms with Crippen LogP contribution in [0, 0.1) is 19.7 Å². The molecule has 2 aliphatic heterocycles. The number of piperidine rings is 1. The highest BCUT2D eigenvalue weighted by atomic mass is 32.2. The van der Waals surface area contributed by atoms with Crippen molar-refractivity contribution in [2.45, 2.75) is 43.7 Å². The number of carbonyl (C=O) groups is 1. The number of piperazine rings is 1. The Hall–Kier alpha value is -3.97. The Morgan fingerprint density at radius 3 is 2.30 bits per heavy atom. The molecular formula is C38H49FN6O4S. The van der Waals surface area contributed by atoms with Crippen molar-refractivity contribution in [1.82, 2.24) is 24.2 Å². The van der Waals surface area contributed by atoms with Gasteiger partial charge in [0.05, 0.1) is 23.2 Å². The van der Waals surface area contributed by atoms with Crippen LogP contribution in [0.4, 0.5) is 10.1 Å². The number of fused-ring (bicyclic) bond motifs is 1. The number of carbonyl (C=O) groups excluding carboxylic acids is 1. The molecule has 2 aliphatic rings. The number of sulfonamides is 1. The van der Waals surface area contributed by atoms with E-state index in [1.54, 1.807) is 56.2 Å². The Bertz CT molecular complexity index is 1920. The number of anilines is 1. The second-order valence-electron chi connectivity index (χ2n) is 13.9. The Morgan fingerprint density at radius 2 is 1.64 bits per heavy atom. The summed E-state index contributed by atoms with van der Waals surface area (Å²) in [5, 5.41) is 0.833. The normalized spacial score (nSPS) is 17.6. The van der Waals surface area contributed by atoms with E-state index in [0.29, 0.717) is 34.6 Å². The van der Waals surface area contributed by atoms with Crippen molar-refractivity contribution in [2.75, 3.05) is 78.3 Å². The summed E-state index contributed by atoms with van der Waals surface area (Å²) in [7, 11) is 1.59. The molecule has 3 heterocycles. The van der Waals surface area contributed by atoms with Gasteiger partial charge in [-0.1, -0.05) is 24.3 Å². The lowest BCUT2D eigenvalue weighted by Crippen LogP contribution is -2.58. The molecule has 0 bridgehead atoms. The van der Waals surface area contributed by atoms with Gasteiger partial charge < -0.3 is 24.0 Å². The molecular weight excluding hydrogens is 656 g/mol. The lowest BCUT2D eigenvalue weighted by Gasteiger charge is -2.51. The molecule has 1 aromatic heterocycles. The van der Waals surface area contributed by atoms with E-state index in [2.05, 4.69) is 32.5 Å². The van der Waals surface area contributed by atoms with Gasteiger partial charge in [-0.3, -0.25) is 14.4 Å². The van der Waals surface area contributed by atoms with Crippen LogP contribution in [0.5, 0.6) is 5.75 Å². The van der Waals surface area contributed by atoms with Crippen LogP contribution < -0.4 is 9.46 Å². The average Bonchev–Trinajstić information content (AvgIpc) is 3.50. The smallest absolute Gasteiger partial charge is 0.262 e. The second kappa shape index (κ2) is 14.7. The van der Waals surface area contributed by atoms with Crippen LogP contribution in [0.1, 0.15) is 29.5 Å². The molecule has 10 nitrogen and oxygen atoms in total. The maximum atomic E-state index is 14.4. The SMILES string of the molecule is COc1cc(C)c(S(=O)(=O)Nc2cccc3ccn(CC(=O)N(C)CCN4CCC(c5cccc(F)c5)(N5CCN(C)CC5)CC4)c23)c(C)c1. The van der Waals surface area contributed by atoms with Gasteiger partial charge in [0.25, 0.3) is 10.0 Å². The molecule has 3 aromatic carbocycles. The molecule has 2 fully saturated rings. The molecule has 12 heteroatoms. The second-order valence-corrected chi connectivity index (χ2v) is 15.5. The van der Waals surface area contributed by atoms with Gasteiger partial charge in [0.1, 0.15) is 18.1 Å². The molecule has 0 spiro atoms. The summed E-state index contributed by atoms with van der Waals surface area (Å²) in [6.07, 6.45) is 3.63. The third kappa shape index (κ3) is 7.39. The molecule has 4 aromatic rings. The minimum absolute atomic E-state index is 0.0643. The number of likely N-dealkylation sites (N-methyl/N-ethyl adjacent to an activating group) is 2. The molecule has 6 rings (SSSR count). The predicted octanol–water partition coefficient (Wildman–Crippen LogP) is 4.90. The number of hydrogen-bond donors (Lipinski definition) is 1. The Balaban J connectivity index is 1.11. The standard InChI is InChI=1S/C38H49FN6O4S/c1-28-24-33(49-5)25-29(2)37(28)50(47,48)40-34-11-6-8-30-12-15-44(36(30)34)27-35(46)42(4)20-21-43-16-13-38(14-17-43,31-9-7-10-32(39)26-31)45-22-18-41(3)19-23-45/h6-12,15,24-26,40H,13-14,16-23,27H2,1-5H3. The van der Waals surface area contributed by atoms with Crippen molar-refractivity contribution in [1.29, 1.82) is 0 Å². The van der Waals surface area contributed by atoms with Crippen molar-refractivity contribution < 1.29 is 22.3 Å². The summed E-state index contributed by atoms with van der Waals surface area (Å²) in [5.41, 5.74) is 3.09. The van der Waals surface area contributed by atoms with Gasteiger partial charge in [0.15, 0.2) is 0 Å². The van der Waals surface area contributed by atoms with Crippen LogP contribution in [0.25, 0.3) is 10.9 Å². The number of hydrogen-bond acceptors (Lipinski definition) is 7. The van der Waals surface area contributed by atoms with E-state index in [0.717, 1.165) is 69.6 Å². The van der Waals surface area contributed by atoms with Crippen LogP contribution in [0.15, 0.2) is 71.8 Å². The number of nitrogens with one attached hydrogen (secondary N) is 1. The minimum Gasteiger partial charge on any atom is -0.497 e. The van der Waals surface area contributed by atoms with Crippen LogP contribution in [-0.2, 0) is 26.9 Å². The summed E-state index contributed by atoms with van der Waals surface area (Å²) >= 11 is 0. The van der Waals surface area contributed by atoms with E-state index in [9.17, 15) is 17.6 Å². The minimum atomic E-state index is -3.93. The quantitative estimate of drug-likeness (QED) is 0.238. The third-order valence-electron chi connectivity index (χ3n) is 10.6. The topological polar surface area (TPSA) is 90.4 Å². The number of nitrogens with zero attached hydrogens (tertiary/aromatic N) is 5. The zero-order valence-electron chi connectivity index (χ0n) is 29.8. The van der Waals surface area contributed by atoms with Gasteiger partial charge in [-0.15, -0.1) is 0 Å². The van der Waals surface area contributed by atoms with Crippen LogP contribution >= 0.6 is 0 Å². The van der Waals surface area contributed by atoms with E-state index >= 15 is 0 Å². The molecule has 0 radical (unpaired) electrons. The Labute approximate surface area is 295 Å². The van der Waals surface area contributed by atoms with Crippen molar-refractivity contribution in [3.8, 4) is 5.75 Å². The van der Waals surface area contributed by atoms with Gasteiger partial charge in [0, 0.05) is 76.5 Å². The van der Waals surface area contributed by atoms with Gasteiger partial charge in [0.2, 0.25) is 5.91 Å². The largest absolute Gasteiger partial charge is 0.497 e. The fourth-order valence-electron chi connectivity index (χ4n) is 7.75. The number of methoxy groups -OCH3 is 1. The van der Waals surface area contributed by atoms with Gasteiger partial charge in [-0.05, 0) is 86.8 Å². The van der Waals surface area contributed by atoms with Crippen molar-refractivity contribution in [3.63, 3.8) is 0 Å². The number of likely N-dealkylation sites (tertiary alicyclic amines) is 1. The highest BCUT2D eigenvalue weighted by molar-refractivity contribution is 7.92. The molecule has 0 atom stereocenters. The number of aromatic nitrogens is 1. The number of halogens is 1. The highest BCUT2D eigenvalue weighted by Gasteiger charge is 2.42. The van der Waals surface area contributed by atoms with Crippen LogP contribution in [-0.4, -0.2) is 112 Å². The number of para-hydroxylation sites is 1. The van der Waals surface area contributed by atoms with Gasteiger partial charge >= 0.3 is 0 Å². The van der Waals surface area contributed by atoms with E-state index in [1.165, 1.54) is 6.07 Å². The molecule has 0 saturated carbocycles. The summed E-state index contributed by atoms with van der Waals surface area (Å²) in [4.78, 5) is 22.8. The maximum absolute atomic E-state index is 14.4. The summed E-state index contributed by atoms with van der Waals surface area (Å²) in [5.74, 6) is 0.340. The van der Waals surface area contributed by atoms with E-state index in [-0.39, 0.29) is 28.7 Å². The summed E-state index contributed by atoms with van der Waals surface area (Å²) < 4.78 is 51.7. The molecule has 1 amide bonds. The first kappa shape index (κ1) is 35.8. The van der Waals surface area contributed by atoms with Gasteiger partial charge in [-0.2, -0.15) is 0 Å². The Kier molecular flexibility index (Phi) is 10.5. The number of amides is 1. The van der Waals surface area contributed by atoms with Crippen LogP contribution in [0.3, 0.4) is 0 Å². The number of rotatable bonds is 11. The molecule has 50 heavy (non-hydrogen) atoms. The summed E-state index contributed by atoms with van der Waals surface area (Å²) in [6.45, 7) is 10.5. The first-order valence-electron chi connectivity index (χ1n) is 17.3. The van der Waals surface area contributed by atoms with Crippen molar-refractivity contribution in [2.24, 2.45) is 0 Å². The fourth-order valence-corrected chi connectivity index (χ4v) is 9.27. The van der Waals surface area contributed by atoms with Crippen molar-refractivity contribution in [3.05, 3.63) is 89.4 Å². The molecule has 1 N–H and O–H groups in total. The zero-order valence-corrected chi connectivity index (χ0v) is 30.6. The first-order valence-corrected chi connectivity index (χ1v) is 18.8. The average molecular weight is 705 g/mol. The number of benzene rings is 3. The lowest BCUT2D eigenvalue weighted by atomic mass is 9.78. The highest BCUT2D eigenvalue weighted by Crippen LogP contribution is 2.40. The fraction of sp³-hybridized carbons (Fsp3) is 0.447. The summed E-state index contributed by atoms with van der Waals surface area (Å²) in [6, 6.07) is 17.9. The molecule has 2 saturated heterocycles.